The van der Waals surface area contributed by atoms with Gasteiger partial charge in [-0.25, -0.2) is 9.97 Å². The first kappa shape index (κ1) is 18.0. The number of anilines is 1. The van der Waals surface area contributed by atoms with E-state index in [-0.39, 0.29) is 11.9 Å². The molecule has 1 fully saturated rings. The van der Waals surface area contributed by atoms with Gasteiger partial charge in [-0.1, -0.05) is 13.3 Å². The second-order valence-corrected chi connectivity index (χ2v) is 7.66. The van der Waals surface area contributed by atoms with E-state index < -0.39 is 0 Å². The maximum Gasteiger partial charge on any atom is 0.245 e. The SMILES string of the molecule is CCC[C@@H](C(=O)N1CCc2c(nc(C)nc2N2CCCC2)C1)n1cccc1. The van der Waals surface area contributed by atoms with Gasteiger partial charge >= 0.3 is 0 Å². The molecule has 6 nitrogen and oxygen atoms in total. The van der Waals surface area contributed by atoms with Gasteiger partial charge in [-0.05, 0) is 44.7 Å². The van der Waals surface area contributed by atoms with Gasteiger partial charge in [0.15, 0.2) is 0 Å². The maximum atomic E-state index is 13.3. The summed E-state index contributed by atoms with van der Waals surface area (Å²) in [5.41, 5.74) is 2.28. The normalized spacial score (nSPS) is 17.9. The highest BCUT2D eigenvalue weighted by Crippen LogP contribution is 2.30. The number of amides is 1. The van der Waals surface area contributed by atoms with Crippen molar-refractivity contribution < 1.29 is 4.79 Å². The maximum absolute atomic E-state index is 13.3. The molecular weight excluding hydrogens is 338 g/mol. The summed E-state index contributed by atoms with van der Waals surface area (Å²) in [6.07, 6.45) is 9.15. The molecule has 0 aliphatic carbocycles. The molecule has 2 aromatic heterocycles. The van der Waals surface area contributed by atoms with Crippen LogP contribution in [0.15, 0.2) is 24.5 Å². The van der Waals surface area contributed by atoms with Gasteiger partial charge in [-0.15, -0.1) is 0 Å². The third-order valence-electron chi connectivity index (χ3n) is 5.71. The number of carbonyl (C=O) groups is 1. The van der Waals surface area contributed by atoms with Crippen molar-refractivity contribution >= 4 is 11.7 Å². The van der Waals surface area contributed by atoms with Crippen molar-refractivity contribution in [3.8, 4) is 0 Å². The summed E-state index contributed by atoms with van der Waals surface area (Å²) in [7, 11) is 0. The lowest BCUT2D eigenvalue weighted by molar-refractivity contribution is -0.136. The van der Waals surface area contributed by atoms with Crippen LogP contribution in [-0.4, -0.2) is 45.0 Å². The van der Waals surface area contributed by atoms with Crippen LogP contribution in [0.2, 0.25) is 0 Å². The molecule has 1 amide bonds. The van der Waals surface area contributed by atoms with E-state index in [1.54, 1.807) is 0 Å². The Balaban J connectivity index is 1.58. The molecule has 0 aromatic carbocycles. The molecule has 4 heterocycles. The van der Waals surface area contributed by atoms with Crippen LogP contribution in [0.4, 0.5) is 5.82 Å². The lowest BCUT2D eigenvalue weighted by Gasteiger charge is -2.33. The molecule has 1 atom stereocenters. The number of aromatic nitrogens is 3. The molecule has 0 unspecified atom stereocenters. The number of nitrogens with zero attached hydrogens (tertiary/aromatic N) is 5. The van der Waals surface area contributed by atoms with Crippen LogP contribution in [0.1, 0.15) is 55.7 Å². The Bertz CT molecular complexity index is 795. The fraction of sp³-hybridized carbons (Fsp3) is 0.571. The Morgan fingerprint density at radius 1 is 1.15 bits per heavy atom. The summed E-state index contributed by atoms with van der Waals surface area (Å²) in [5.74, 6) is 2.12. The molecule has 0 spiro atoms. The average Bonchev–Trinajstić information content (AvgIpc) is 3.38. The van der Waals surface area contributed by atoms with Gasteiger partial charge in [0.25, 0.3) is 0 Å². The Morgan fingerprint density at radius 2 is 1.89 bits per heavy atom. The van der Waals surface area contributed by atoms with Crippen LogP contribution in [-0.2, 0) is 17.8 Å². The van der Waals surface area contributed by atoms with E-state index in [0.29, 0.717) is 6.54 Å². The van der Waals surface area contributed by atoms with Crippen LogP contribution in [0.25, 0.3) is 0 Å². The Kier molecular flexibility index (Phi) is 5.14. The van der Waals surface area contributed by atoms with Gasteiger partial charge in [0.2, 0.25) is 5.91 Å². The zero-order chi connectivity index (χ0) is 18.8. The quantitative estimate of drug-likeness (QED) is 0.815. The third-order valence-corrected chi connectivity index (χ3v) is 5.71. The summed E-state index contributed by atoms with van der Waals surface area (Å²) in [5, 5.41) is 0. The van der Waals surface area contributed by atoms with Crippen LogP contribution in [0.5, 0.6) is 0 Å². The standard InChI is InChI=1S/C21H29N5O/c1-3-8-19(24-10-4-5-11-24)21(27)26-14-9-17-18(15-26)22-16(2)23-20(17)25-12-6-7-13-25/h4-5,10-11,19H,3,6-9,12-15H2,1-2H3/t19-/m0/s1. The lowest BCUT2D eigenvalue weighted by Crippen LogP contribution is -2.41. The van der Waals surface area contributed by atoms with E-state index in [2.05, 4.69) is 11.8 Å². The number of hydrogen-bond acceptors (Lipinski definition) is 4. The van der Waals surface area contributed by atoms with Crippen LogP contribution < -0.4 is 4.90 Å². The van der Waals surface area contributed by atoms with Crippen LogP contribution in [0.3, 0.4) is 0 Å². The minimum Gasteiger partial charge on any atom is -0.356 e. The summed E-state index contributed by atoms with van der Waals surface area (Å²) in [6, 6.07) is 3.85. The van der Waals surface area contributed by atoms with Crippen molar-refractivity contribution in [2.24, 2.45) is 0 Å². The number of aryl methyl sites for hydroxylation is 1. The van der Waals surface area contributed by atoms with Gasteiger partial charge in [0.1, 0.15) is 17.7 Å². The summed E-state index contributed by atoms with van der Waals surface area (Å²) in [6.45, 7) is 7.60. The van der Waals surface area contributed by atoms with Gasteiger partial charge in [-0.3, -0.25) is 4.79 Å². The molecule has 4 rings (SSSR count). The molecule has 144 valence electrons. The monoisotopic (exact) mass is 367 g/mol. The Labute approximate surface area is 161 Å². The average molecular weight is 367 g/mol. The van der Waals surface area contributed by atoms with E-state index in [1.165, 1.54) is 18.4 Å². The first-order valence-corrected chi connectivity index (χ1v) is 10.2. The van der Waals surface area contributed by atoms with Crippen molar-refractivity contribution in [1.29, 1.82) is 0 Å². The first-order chi connectivity index (χ1) is 13.2. The fourth-order valence-electron chi connectivity index (χ4n) is 4.35. The number of fused-ring (bicyclic) bond motifs is 1. The third kappa shape index (κ3) is 3.57. The van der Waals surface area contributed by atoms with E-state index in [1.807, 2.05) is 40.9 Å². The molecule has 6 heteroatoms. The largest absolute Gasteiger partial charge is 0.356 e. The van der Waals surface area contributed by atoms with Crippen molar-refractivity contribution in [3.05, 3.63) is 41.6 Å². The molecule has 1 saturated heterocycles. The fourth-order valence-corrected chi connectivity index (χ4v) is 4.35. The number of carbonyl (C=O) groups excluding carboxylic acids is 1. The lowest BCUT2D eigenvalue weighted by atomic mass is 10.0. The summed E-state index contributed by atoms with van der Waals surface area (Å²) in [4.78, 5) is 27.1. The molecule has 27 heavy (non-hydrogen) atoms. The zero-order valence-corrected chi connectivity index (χ0v) is 16.4. The van der Waals surface area contributed by atoms with E-state index in [0.717, 1.165) is 56.2 Å². The van der Waals surface area contributed by atoms with E-state index in [4.69, 9.17) is 9.97 Å². The van der Waals surface area contributed by atoms with E-state index in [9.17, 15) is 4.79 Å². The molecule has 0 N–H and O–H groups in total. The number of rotatable bonds is 5. The van der Waals surface area contributed by atoms with Crippen molar-refractivity contribution in [3.63, 3.8) is 0 Å². The summed E-state index contributed by atoms with van der Waals surface area (Å²) < 4.78 is 2.04. The van der Waals surface area contributed by atoms with Crippen molar-refractivity contribution in [2.45, 2.75) is 58.5 Å². The van der Waals surface area contributed by atoms with Crippen molar-refractivity contribution in [1.82, 2.24) is 19.4 Å². The van der Waals surface area contributed by atoms with Crippen LogP contribution >= 0.6 is 0 Å². The number of hydrogen-bond donors (Lipinski definition) is 0. The topological polar surface area (TPSA) is 54.3 Å². The van der Waals surface area contributed by atoms with Gasteiger partial charge < -0.3 is 14.4 Å². The second kappa shape index (κ2) is 7.71. The van der Waals surface area contributed by atoms with Gasteiger partial charge in [0.05, 0.1) is 12.2 Å². The Morgan fingerprint density at radius 3 is 2.59 bits per heavy atom. The predicted molar refractivity (Wildman–Crippen MR) is 106 cm³/mol. The van der Waals surface area contributed by atoms with Gasteiger partial charge in [0, 0.05) is 37.6 Å². The minimum absolute atomic E-state index is 0.118. The molecule has 0 saturated carbocycles. The predicted octanol–water partition coefficient (Wildman–Crippen LogP) is 3.11. The highest BCUT2D eigenvalue weighted by atomic mass is 16.2. The second-order valence-electron chi connectivity index (χ2n) is 7.66. The van der Waals surface area contributed by atoms with Crippen LogP contribution in [0, 0.1) is 6.92 Å². The highest BCUT2D eigenvalue weighted by Gasteiger charge is 2.31. The molecule has 2 aromatic rings. The highest BCUT2D eigenvalue weighted by molar-refractivity contribution is 5.81. The molecule has 2 aliphatic heterocycles. The van der Waals surface area contributed by atoms with E-state index >= 15 is 0 Å². The molecule has 0 bridgehead atoms. The first-order valence-electron chi connectivity index (χ1n) is 10.2. The smallest absolute Gasteiger partial charge is 0.245 e. The molecule has 0 radical (unpaired) electrons. The zero-order valence-electron chi connectivity index (χ0n) is 16.4. The summed E-state index contributed by atoms with van der Waals surface area (Å²) >= 11 is 0. The molecule has 2 aliphatic rings. The molecular formula is C21H29N5O. The Hall–Kier alpha value is -2.37. The van der Waals surface area contributed by atoms with Crippen molar-refractivity contribution in [2.75, 3.05) is 24.5 Å². The minimum atomic E-state index is -0.118. The van der Waals surface area contributed by atoms with Gasteiger partial charge in [-0.2, -0.15) is 0 Å².